The Morgan fingerprint density at radius 1 is 1.33 bits per heavy atom. The predicted octanol–water partition coefficient (Wildman–Crippen LogP) is 3.02. The second-order valence-electron chi connectivity index (χ2n) is 5.77. The molecule has 0 spiro atoms. The molecule has 0 saturated carbocycles. The number of hydrogen-bond acceptors (Lipinski definition) is 3. The molecular weight excluding hydrogens is 275 g/mol. The molecule has 1 aromatic carbocycles. The fraction of sp³-hybridized carbons (Fsp3) is 0.467. The lowest BCUT2D eigenvalue weighted by molar-refractivity contribution is -0.120. The first-order chi connectivity index (χ1) is 9.60. The Hall–Kier alpha value is -2.11. The number of anilines is 1. The number of amides is 2. The van der Waals surface area contributed by atoms with Gasteiger partial charge < -0.3 is 10.1 Å². The first kappa shape index (κ1) is 16.9. The van der Waals surface area contributed by atoms with Crippen LogP contribution in [0.25, 0.3) is 0 Å². The Morgan fingerprint density at radius 2 is 1.95 bits per heavy atom. The maximum absolute atomic E-state index is 13.1. The molecule has 5 nitrogen and oxygen atoms in total. The fourth-order valence-corrected chi connectivity index (χ4v) is 1.48. The highest BCUT2D eigenvalue weighted by Crippen LogP contribution is 2.13. The van der Waals surface area contributed by atoms with Crippen molar-refractivity contribution in [3.8, 4) is 0 Å². The number of nitrogens with zero attached hydrogens (tertiary/aromatic N) is 1. The van der Waals surface area contributed by atoms with Gasteiger partial charge in [-0.3, -0.25) is 9.69 Å². The Balaban J connectivity index is 2.67. The smallest absolute Gasteiger partial charge is 0.410 e. The summed E-state index contributed by atoms with van der Waals surface area (Å²) in [6.45, 7) is 6.81. The van der Waals surface area contributed by atoms with E-state index in [4.69, 9.17) is 4.74 Å². The normalized spacial score (nSPS) is 12.5. The molecule has 0 heterocycles. The van der Waals surface area contributed by atoms with Crippen molar-refractivity contribution in [2.24, 2.45) is 0 Å². The van der Waals surface area contributed by atoms with Gasteiger partial charge in [-0.1, -0.05) is 6.07 Å². The van der Waals surface area contributed by atoms with Crippen molar-refractivity contribution in [3.05, 3.63) is 30.1 Å². The summed E-state index contributed by atoms with van der Waals surface area (Å²) in [5.74, 6) is -0.866. The van der Waals surface area contributed by atoms with E-state index in [1.807, 2.05) is 0 Å². The van der Waals surface area contributed by atoms with E-state index in [1.165, 1.54) is 30.1 Å². The van der Waals surface area contributed by atoms with Gasteiger partial charge in [-0.15, -0.1) is 0 Å². The van der Waals surface area contributed by atoms with Gasteiger partial charge in [0.2, 0.25) is 5.91 Å². The largest absolute Gasteiger partial charge is 0.444 e. The summed E-state index contributed by atoms with van der Waals surface area (Å²) >= 11 is 0. The molecule has 0 unspecified atom stereocenters. The molecule has 0 fully saturated rings. The van der Waals surface area contributed by atoms with E-state index >= 15 is 0 Å². The average molecular weight is 296 g/mol. The third kappa shape index (κ3) is 5.41. The molecule has 2 amide bonds. The molecule has 1 aromatic rings. The number of ether oxygens (including phenoxy) is 1. The predicted molar refractivity (Wildman–Crippen MR) is 78.5 cm³/mol. The summed E-state index contributed by atoms with van der Waals surface area (Å²) < 4.78 is 18.2. The Labute approximate surface area is 124 Å². The highest BCUT2D eigenvalue weighted by molar-refractivity contribution is 5.96. The molecule has 1 rings (SSSR count). The monoisotopic (exact) mass is 296 g/mol. The van der Waals surface area contributed by atoms with E-state index in [0.29, 0.717) is 5.69 Å². The van der Waals surface area contributed by atoms with Crippen LogP contribution < -0.4 is 5.32 Å². The molecule has 0 aromatic heterocycles. The molecule has 0 aliphatic rings. The number of carbonyl (C=O) groups is 2. The van der Waals surface area contributed by atoms with E-state index < -0.39 is 29.5 Å². The Morgan fingerprint density at radius 3 is 2.48 bits per heavy atom. The van der Waals surface area contributed by atoms with Crippen LogP contribution in [0.2, 0.25) is 0 Å². The zero-order valence-corrected chi connectivity index (χ0v) is 12.9. The summed E-state index contributed by atoms with van der Waals surface area (Å²) in [6.07, 6.45) is -0.593. The number of nitrogens with one attached hydrogen (secondary N) is 1. The molecule has 0 saturated heterocycles. The molecule has 21 heavy (non-hydrogen) atoms. The summed E-state index contributed by atoms with van der Waals surface area (Å²) in [7, 11) is 1.48. The van der Waals surface area contributed by atoms with Gasteiger partial charge in [-0.2, -0.15) is 0 Å². The lowest BCUT2D eigenvalue weighted by atomic mass is 10.2. The van der Waals surface area contributed by atoms with Crippen LogP contribution in [0.15, 0.2) is 24.3 Å². The minimum absolute atomic E-state index is 0.337. The molecule has 0 bridgehead atoms. The van der Waals surface area contributed by atoms with E-state index in [1.54, 1.807) is 33.8 Å². The van der Waals surface area contributed by atoms with E-state index in [0.717, 1.165) is 0 Å². The van der Waals surface area contributed by atoms with Gasteiger partial charge in [0, 0.05) is 12.7 Å². The van der Waals surface area contributed by atoms with E-state index in [9.17, 15) is 14.0 Å². The van der Waals surface area contributed by atoms with Gasteiger partial charge in [0.1, 0.15) is 17.5 Å². The van der Waals surface area contributed by atoms with Crippen LogP contribution in [0, 0.1) is 5.82 Å². The van der Waals surface area contributed by atoms with Crippen LogP contribution in [0.3, 0.4) is 0 Å². The van der Waals surface area contributed by atoms with Gasteiger partial charge in [0.25, 0.3) is 0 Å². The van der Waals surface area contributed by atoms with Crippen LogP contribution in [-0.4, -0.2) is 35.6 Å². The second-order valence-corrected chi connectivity index (χ2v) is 5.77. The minimum Gasteiger partial charge on any atom is -0.444 e. The maximum atomic E-state index is 13.1. The lowest BCUT2D eigenvalue weighted by Crippen LogP contribution is -2.45. The summed E-state index contributed by atoms with van der Waals surface area (Å²) in [4.78, 5) is 25.1. The van der Waals surface area contributed by atoms with Gasteiger partial charge >= 0.3 is 6.09 Å². The second kappa shape index (κ2) is 6.56. The van der Waals surface area contributed by atoms with E-state index in [2.05, 4.69) is 5.32 Å². The molecule has 0 aliphatic heterocycles. The average Bonchev–Trinajstić information content (AvgIpc) is 2.34. The third-order valence-electron chi connectivity index (χ3n) is 2.73. The zero-order valence-electron chi connectivity index (χ0n) is 12.9. The number of halogens is 1. The third-order valence-corrected chi connectivity index (χ3v) is 2.73. The summed E-state index contributed by atoms with van der Waals surface area (Å²) in [5, 5.41) is 2.55. The van der Waals surface area contributed by atoms with Crippen LogP contribution in [0.4, 0.5) is 14.9 Å². The SMILES string of the molecule is C[C@H](C(=O)Nc1cccc(F)c1)N(C)C(=O)OC(C)(C)C. The van der Waals surface area contributed by atoms with Crippen molar-refractivity contribution < 1.29 is 18.7 Å². The molecule has 0 radical (unpaired) electrons. The number of benzene rings is 1. The molecule has 116 valence electrons. The fourth-order valence-electron chi connectivity index (χ4n) is 1.48. The quantitative estimate of drug-likeness (QED) is 0.932. The topological polar surface area (TPSA) is 58.6 Å². The molecule has 6 heteroatoms. The number of hydrogen-bond donors (Lipinski definition) is 1. The van der Waals surface area contributed by atoms with Gasteiger partial charge in [0.15, 0.2) is 0 Å². The van der Waals surface area contributed by atoms with Crippen LogP contribution in [0.1, 0.15) is 27.7 Å². The van der Waals surface area contributed by atoms with Gasteiger partial charge in [0.05, 0.1) is 0 Å². The first-order valence-electron chi connectivity index (χ1n) is 6.62. The Kier molecular flexibility index (Phi) is 5.29. The first-order valence-corrected chi connectivity index (χ1v) is 6.62. The maximum Gasteiger partial charge on any atom is 0.410 e. The van der Waals surface area contributed by atoms with Crippen molar-refractivity contribution in [2.45, 2.75) is 39.3 Å². The Bertz CT molecular complexity index is 526. The number of rotatable bonds is 3. The molecule has 0 aliphatic carbocycles. The number of likely N-dealkylation sites (N-methyl/N-ethyl adjacent to an activating group) is 1. The highest BCUT2D eigenvalue weighted by Gasteiger charge is 2.26. The minimum atomic E-state index is -0.747. The van der Waals surface area contributed by atoms with Crippen molar-refractivity contribution in [1.29, 1.82) is 0 Å². The van der Waals surface area contributed by atoms with Crippen LogP contribution >= 0.6 is 0 Å². The van der Waals surface area contributed by atoms with Gasteiger partial charge in [-0.25, -0.2) is 9.18 Å². The molecule has 1 N–H and O–H groups in total. The standard InChI is InChI=1S/C15H21FN2O3/c1-10(18(5)14(20)21-15(2,3)4)13(19)17-12-8-6-7-11(16)9-12/h6-10H,1-5H3,(H,17,19)/t10-/m1/s1. The summed E-state index contributed by atoms with van der Waals surface area (Å²) in [5.41, 5.74) is -0.297. The van der Waals surface area contributed by atoms with Crippen molar-refractivity contribution >= 4 is 17.7 Å². The number of carbonyl (C=O) groups excluding carboxylic acids is 2. The van der Waals surface area contributed by atoms with E-state index in [-0.39, 0.29) is 0 Å². The van der Waals surface area contributed by atoms with Gasteiger partial charge in [-0.05, 0) is 45.9 Å². The summed E-state index contributed by atoms with van der Waals surface area (Å²) in [6, 6.07) is 4.81. The van der Waals surface area contributed by atoms with Crippen molar-refractivity contribution in [1.82, 2.24) is 4.90 Å². The molecule has 1 atom stereocenters. The molecular formula is C15H21FN2O3. The zero-order chi connectivity index (χ0) is 16.2. The van der Waals surface area contributed by atoms with Crippen LogP contribution in [0.5, 0.6) is 0 Å². The van der Waals surface area contributed by atoms with Crippen LogP contribution in [-0.2, 0) is 9.53 Å². The highest BCUT2D eigenvalue weighted by atomic mass is 19.1. The van der Waals surface area contributed by atoms with Crippen molar-refractivity contribution in [3.63, 3.8) is 0 Å². The van der Waals surface area contributed by atoms with Crippen molar-refractivity contribution in [2.75, 3.05) is 12.4 Å². The lowest BCUT2D eigenvalue weighted by Gasteiger charge is -2.28.